The maximum absolute atomic E-state index is 5.95. The normalized spacial score (nSPS) is 13.2. The first-order valence-electron chi connectivity index (χ1n) is 7.55. The summed E-state index contributed by atoms with van der Waals surface area (Å²) in [6.07, 6.45) is 3.89. The van der Waals surface area contributed by atoms with Crippen molar-refractivity contribution in [2.24, 2.45) is 0 Å². The molecule has 0 bridgehead atoms. The molecule has 112 valence electrons. The summed E-state index contributed by atoms with van der Waals surface area (Å²) in [5.74, 6) is 0.964. The number of benzene rings is 1. The van der Waals surface area contributed by atoms with E-state index < -0.39 is 0 Å². The lowest BCUT2D eigenvalue weighted by atomic mass is 10.1. The van der Waals surface area contributed by atoms with Crippen LogP contribution in [0.25, 0.3) is 11.3 Å². The van der Waals surface area contributed by atoms with Crippen LogP contribution >= 0.6 is 0 Å². The zero-order valence-corrected chi connectivity index (χ0v) is 12.8. The highest BCUT2D eigenvalue weighted by Crippen LogP contribution is 2.28. The van der Waals surface area contributed by atoms with E-state index in [1.807, 2.05) is 21.8 Å². The molecule has 4 rings (SSSR count). The van der Waals surface area contributed by atoms with Gasteiger partial charge in [0.05, 0.1) is 24.1 Å². The van der Waals surface area contributed by atoms with Gasteiger partial charge in [0.1, 0.15) is 12.4 Å². The van der Waals surface area contributed by atoms with Crippen LogP contribution in [0.4, 0.5) is 0 Å². The van der Waals surface area contributed by atoms with E-state index in [0.29, 0.717) is 6.61 Å². The molecule has 0 atom stereocenters. The second-order valence-corrected chi connectivity index (χ2v) is 5.66. The van der Waals surface area contributed by atoms with Crippen molar-refractivity contribution in [3.8, 4) is 17.0 Å². The number of nitrogens with zero attached hydrogens (tertiary/aromatic N) is 4. The topological polar surface area (TPSA) is 44.9 Å². The summed E-state index contributed by atoms with van der Waals surface area (Å²) in [5.41, 5.74) is 5.47. The zero-order valence-electron chi connectivity index (χ0n) is 12.8. The molecular formula is C17H18N4O. The molecule has 0 aliphatic carbocycles. The Labute approximate surface area is 129 Å². The Morgan fingerprint density at radius 1 is 1.27 bits per heavy atom. The van der Waals surface area contributed by atoms with Crippen molar-refractivity contribution in [3.05, 3.63) is 53.5 Å². The van der Waals surface area contributed by atoms with E-state index in [2.05, 4.69) is 43.2 Å². The van der Waals surface area contributed by atoms with Crippen LogP contribution in [0, 0.1) is 6.92 Å². The average Bonchev–Trinajstić information content (AvgIpc) is 3.11. The van der Waals surface area contributed by atoms with Gasteiger partial charge in [-0.3, -0.25) is 9.36 Å². The molecule has 1 aromatic carbocycles. The highest BCUT2D eigenvalue weighted by molar-refractivity contribution is 5.57. The molecule has 0 N–H and O–H groups in total. The van der Waals surface area contributed by atoms with E-state index in [4.69, 9.17) is 9.84 Å². The summed E-state index contributed by atoms with van der Waals surface area (Å²) in [5, 5.41) is 9.05. The van der Waals surface area contributed by atoms with Crippen LogP contribution in [-0.2, 0) is 19.7 Å². The first kappa shape index (κ1) is 13.1. The maximum Gasteiger partial charge on any atom is 0.130 e. The van der Waals surface area contributed by atoms with E-state index in [9.17, 15) is 0 Å². The fourth-order valence-corrected chi connectivity index (χ4v) is 2.76. The number of hydrogen-bond donors (Lipinski definition) is 0. The number of rotatable bonds is 2. The second-order valence-electron chi connectivity index (χ2n) is 5.66. The standard InChI is InChI=1S/C17H18N4O/c1-3-20-9-14(8-18-20)16-7-15-11-22-17-6-12(2)4-5-13(17)10-21(15)19-16/h4-9H,3,10-11H2,1-2H3. The number of aromatic nitrogens is 4. The molecule has 5 heteroatoms. The van der Waals surface area contributed by atoms with Crippen molar-refractivity contribution >= 4 is 0 Å². The molecule has 22 heavy (non-hydrogen) atoms. The smallest absolute Gasteiger partial charge is 0.130 e. The highest BCUT2D eigenvalue weighted by atomic mass is 16.5. The van der Waals surface area contributed by atoms with Gasteiger partial charge in [0, 0.05) is 23.9 Å². The number of ether oxygens (including phenoxy) is 1. The van der Waals surface area contributed by atoms with Crippen LogP contribution in [0.5, 0.6) is 5.75 Å². The maximum atomic E-state index is 5.95. The van der Waals surface area contributed by atoms with Crippen molar-refractivity contribution in [2.45, 2.75) is 33.5 Å². The Hall–Kier alpha value is -2.56. The third-order valence-electron chi connectivity index (χ3n) is 4.03. The molecule has 0 radical (unpaired) electrons. The van der Waals surface area contributed by atoms with Crippen LogP contribution in [-0.4, -0.2) is 19.6 Å². The molecule has 2 aromatic heterocycles. The fourth-order valence-electron chi connectivity index (χ4n) is 2.76. The minimum atomic E-state index is 0.547. The molecule has 0 amide bonds. The van der Waals surface area contributed by atoms with E-state index in [-0.39, 0.29) is 0 Å². The summed E-state index contributed by atoms with van der Waals surface area (Å²) in [7, 11) is 0. The van der Waals surface area contributed by atoms with Crippen LogP contribution in [0.15, 0.2) is 36.7 Å². The van der Waals surface area contributed by atoms with Crippen molar-refractivity contribution in [3.63, 3.8) is 0 Å². The quantitative estimate of drug-likeness (QED) is 0.730. The monoisotopic (exact) mass is 294 g/mol. The minimum absolute atomic E-state index is 0.547. The van der Waals surface area contributed by atoms with Gasteiger partial charge < -0.3 is 4.74 Å². The molecule has 0 saturated heterocycles. The highest BCUT2D eigenvalue weighted by Gasteiger charge is 2.17. The SMILES string of the molecule is CCn1cc(-c2cc3n(n2)Cc2ccc(C)cc2OC3)cn1. The third kappa shape index (κ3) is 2.19. The molecular weight excluding hydrogens is 276 g/mol. The predicted molar refractivity (Wildman–Crippen MR) is 83.7 cm³/mol. The lowest BCUT2D eigenvalue weighted by molar-refractivity contribution is 0.301. The first-order valence-corrected chi connectivity index (χ1v) is 7.55. The van der Waals surface area contributed by atoms with Gasteiger partial charge in [-0.05, 0) is 31.5 Å². The number of fused-ring (bicyclic) bond motifs is 2. The molecule has 1 aliphatic rings. The predicted octanol–water partition coefficient (Wildman–Crippen LogP) is 3.02. The number of hydrogen-bond acceptors (Lipinski definition) is 3. The molecule has 5 nitrogen and oxygen atoms in total. The molecule has 0 fully saturated rings. The van der Waals surface area contributed by atoms with Crippen molar-refractivity contribution in [1.82, 2.24) is 19.6 Å². The van der Waals surface area contributed by atoms with Gasteiger partial charge in [0.25, 0.3) is 0 Å². The van der Waals surface area contributed by atoms with Crippen molar-refractivity contribution < 1.29 is 4.74 Å². The van der Waals surface area contributed by atoms with E-state index in [0.717, 1.165) is 35.8 Å². The van der Waals surface area contributed by atoms with Crippen molar-refractivity contribution in [2.75, 3.05) is 0 Å². The third-order valence-corrected chi connectivity index (χ3v) is 4.03. The molecule has 3 aromatic rings. The van der Waals surface area contributed by atoms with Gasteiger partial charge in [-0.1, -0.05) is 12.1 Å². The molecule has 0 unspecified atom stereocenters. The summed E-state index contributed by atoms with van der Waals surface area (Å²) < 4.78 is 9.89. The average molecular weight is 294 g/mol. The fraction of sp³-hybridized carbons (Fsp3) is 0.294. The number of aryl methyl sites for hydroxylation is 2. The summed E-state index contributed by atoms with van der Waals surface area (Å²) >= 11 is 0. The summed E-state index contributed by atoms with van der Waals surface area (Å²) in [6.45, 7) is 6.31. The lowest BCUT2D eigenvalue weighted by Gasteiger charge is -2.07. The van der Waals surface area contributed by atoms with Crippen LogP contribution < -0.4 is 4.74 Å². The van der Waals surface area contributed by atoms with Crippen LogP contribution in [0.2, 0.25) is 0 Å². The van der Waals surface area contributed by atoms with Crippen LogP contribution in [0.1, 0.15) is 23.7 Å². The van der Waals surface area contributed by atoms with Crippen molar-refractivity contribution in [1.29, 1.82) is 0 Å². The molecule has 1 aliphatic heterocycles. The summed E-state index contributed by atoms with van der Waals surface area (Å²) in [6, 6.07) is 8.42. The Bertz CT molecular complexity index is 831. The minimum Gasteiger partial charge on any atom is -0.487 e. The Kier molecular flexibility index (Phi) is 2.99. The Morgan fingerprint density at radius 2 is 2.18 bits per heavy atom. The zero-order chi connectivity index (χ0) is 15.1. The van der Waals surface area contributed by atoms with Gasteiger partial charge in [-0.2, -0.15) is 10.2 Å². The molecule has 0 spiro atoms. The Balaban J connectivity index is 1.70. The van der Waals surface area contributed by atoms with Gasteiger partial charge in [0.2, 0.25) is 0 Å². The largest absolute Gasteiger partial charge is 0.487 e. The molecule has 3 heterocycles. The lowest BCUT2D eigenvalue weighted by Crippen LogP contribution is -2.03. The van der Waals surface area contributed by atoms with E-state index in [1.165, 1.54) is 11.1 Å². The van der Waals surface area contributed by atoms with Gasteiger partial charge in [-0.25, -0.2) is 0 Å². The van der Waals surface area contributed by atoms with E-state index in [1.54, 1.807) is 0 Å². The van der Waals surface area contributed by atoms with Crippen LogP contribution in [0.3, 0.4) is 0 Å². The van der Waals surface area contributed by atoms with E-state index >= 15 is 0 Å². The van der Waals surface area contributed by atoms with Gasteiger partial charge in [0.15, 0.2) is 0 Å². The van der Waals surface area contributed by atoms with Gasteiger partial charge >= 0.3 is 0 Å². The Morgan fingerprint density at radius 3 is 3.00 bits per heavy atom. The molecule has 0 saturated carbocycles. The second kappa shape index (κ2) is 5.02. The first-order chi connectivity index (χ1) is 10.7. The van der Waals surface area contributed by atoms with Gasteiger partial charge in [-0.15, -0.1) is 0 Å². The summed E-state index contributed by atoms with van der Waals surface area (Å²) in [4.78, 5) is 0.